The van der Waals surface area contributed by atoms with E-state index in [1.54, 1.807) is 36.2 Å². The number of benzene rings is 2. The minimum Gasteiger partial charge on any atom is -0.368 e. The molecule has 1 aliphatic rings. The number of anilines is 1. The second-order valence-electron chi connectivity index (χ2n) is 7.09. The second-order valence-corrected chi connectivity index (χ2v) is 7.09. The molecule has 154 valence electrons. The van der Waals surface area contributed by atoms with Crippen molar-refractivity contribution in [3.8, 4) is 0 Å². The lowest BCUT2D eigenvalue weighted by molar-refractivity contribution is -0.134. The molecule has 6 nitrogen and oxygen atoms in total. The third kappa shape index (κ3) is 4.89. The number of amides is 2. The molecule has 0 bridgehead atoms. The van der Waals surface area contributed by atoms with Gasteiger partial charge in [0.1, 0.15) is 17.7 Å². The fraction of sp³-hybridized carbons (Fsp3) is 0.333. The van der Waals surface area contributed by atoms with Gasteiger partial charge in [-0.2, -0.15) is 0 Å². The molecule has 1 saturated heterocycles. The molecule has 3 rings (SSSR count). The van der Waals surface area contributed by atoms with Crippen LogP contribution in [0.4, 0.5) is 14.5 Å². The van der Waals surface area contributed by atoms with Crippen LogP contribution in [-0.2, 0) is 9.59 Å². The molecule has 2 N–H and O–H groups in total. The van der Waals surface area contributed by atoms with Gasteiger partial charge in [-0.25, -0.2) is 8.78 Å². The van der Waals surface area contributed by atoms with Crippen LogP contribution >= 0.6 is 0 Å². The Balaban J connectivity index is 1.61. The summed E-state index contributed by atoms with van der Waals surface area (Å²) in [5, 5.41) is 0. The predicted octanol–water partition coefficient (Wildman–Crippen LogP) is 1.77. The summed E-state index contributed by atoms with van der Waals surface area (Å²) >= 11 is 0. The lowest BCUT2D eigenvalue weighted by atomic mass is 10.0. The Kier molecular flexibility index (Phi) is 6.43. The molecule has 8 heteroatoms. The summed E-state index contributed by atoms with van der Waals surface area (Å²) in [6, 6.07) is 11.3. The van der Waals surface area contributed by atoms with Crippen molar-refractivity contribution in [1.82, 2.24) is 9.80 Å². The maximum absolute atomic E-state index is 14.0. The van der Waals surface area contributed by atoms with E-state index in [1.807, 2.05) is 4.90 Å². The number of carbonyl (C=O) groups excluding carboxylic acids is 2. The van der Waals surface area contributed by atoms with E-state index >= 15 is 0 Å². The largest absolute Gasteiger partial charge is 0.368 e. The minimum absolute atomic E-state index is 0.0379. The first kappa shape index (κ1) is 20.7. The lowest BCUT2D eigenvalue weighted by Crippen LogP contribution is -2.52. The number of piperazine rings is 1. The van der Waals surface area contributed by atoms with Crippen molar-refractivity contribution in [2.24, 2.45) is 5.73 Å². The Bertz CT molecular complexity index is 884. The van der Waals surface area contributed by atoms with Crippen molar-refractivity contribution >= 4 is 17.5 Å². The van der Waals surface area contributed by atoms with Gasteiger partial charge in [0.25, 0.3) is 0 Å². The summed E-state index contributed by atoms with van der Waals surface area (Å²) < 4.78 is 27.5. The van der Waals surface area contributed by atoms with Gasteiger partial charge in [-0.3, -0.25) is 14.5 Å². The number of carbonyl (C=O) groups is 2. The van der Waals surface area contributed by atoms with E-state index in [2.05, 4.69) is 0 Å². The van der Waals surface area contributed by atoms with Crippen molar-refractivity contribution in [2.75, 3.05) is 44.7 Å². The molecule has 2 aromatic rings. The Morgan fingerprint density at radius 1 is 1.07 bits per heavy atom. The zero-order valence-electron chi connectivity index (χ0n) is 16.2. The molecule has 0 saturated carbocycles. The van der Waals surface area contributed by atoms with Crippen LogP contribution in [0.2, 0.25) is 0 Å². The Labute approximate surface area is 168 Å². The van der Waals surface area contributed by atoms with Gasteiger partial charge in [-0.05, 0) is 36.9 Å². The average molecular weight is 402 g/mol. The van der Waals surface area contributed by atoms with Crippen molar-refractivity contribution in [3.63, 3.8) is 0 Å². The van der Waals surface area contributed by atoms with Crippen molar-refractivity contribution in [3.05, 3.63) is 65.7 Å². The van der Waals surface area contributed by atoms with Gasteiger partial charge in [-0.1, -0.05) is 24.3 Å². The van der Waals surface area contributed by atoms with E-state index in [0.717, 1.165) is 0 Å². The van der Waals surface area contributed by atoms with Gasteiger partial charge < -0.3 is 15.5 Å². The third-order valence-electron chi connectivity index (χ3n) is 5.08. The fourth-order valence-corrected chi connectivity index (χ4v) is 3.62. The zero-order valence-corrected chi connectivity index (χ0v) is 16.2. The summed E-state index contributed by atoms with van der Waals surface area (Å²) in [4.78, 5) is 29.7. The molecule has 1 atom stereocenters. The van der Waals surface area contributed by atoms with E-state index in [0.29, 0.717) is 37.4 Å². The summed E-state index contributed by atoms with van der Waals surface area (Å²) in [6.45, 7) is 1.88. The number of nitrogens with zero attached hydrogens (tertiary/aromatic N) is 3. The van der Waals surface area contributed by atoms with Crippen molar-refractivity contribution in [1.29, 1.82) is 0 Å². The van der Waals surface area contributed by atoms with Crippen LogP contribution in [0.15, 0.2) is 48.5 Å². The van der Waals surface area contributed by atoms with Crippen molar-refractivity contribution < 1.29 is 18.4 Å². The molecule has 2 aromatic carbocycles. The molecule has 0 aliphatic carbocycles. The molecule has 1 heterocycles. The van der Waals surface area contributed by atoms with E-state index < -0.39 is 17.8 Å². The van der Waals surface area contributed by atoms with E-state index in [1.165, 1.54) is 29.2 Å². The van der Waals surface area contributed by atoms with Crippen LogP contribution in [0.1, 0.15) is 11.6 Å². The van der Waals surface area contributed by atoms with Gasteiger partial charge >= 0.3 is 0 Å². The highest BCUT2D eigenvalue weighted by atomic mass is 19.1. The Hall–Kier alpha value is -3.00. The molecular formula is C21H24F2N4O2. The standard InChI is InChI=1S/C21H24F2N4O2/c1-25(20(21(24)29)15-5-4-6-16(22)13-15)14-19(28)27-11-9-26(10-12-27)18-8-3-2-7-17(18)23/h2-8,13,20H,9-12,14H2,1H3,(H2,24,29). The highest BCUT2D eigenvalue weighted by Crippen LogP contribution is 2.22. The number of para-hydroxylation sites is 1. The topological polar surface area (TPSA) is 69.9 Å². The van der Waals surface area contributed by atoms with E-state index in [4.69, 9.17) is 5.73 Å². The zero-order chi connectivity index (χ0) is 21.0. The monoisotopic (exact) mass is 402 g/mol. The molecule has 29 heavy (non-hydrogen) atoms. The van der Waals surface area contributed by atoms with Gasteiger partial charge in [0.2, 0.25) is 11.8 Å². The third-order valence-corrected chi connectivity index (χ3v) is 5.08. The van der Waals surface area contributed by atoms with E-state index in [9.17, 15) is 18.4 Å². The van der Waals surface area contributed by atoms with Crippen molar-refractivity contribution in [2.45, 2.75) is 6.04 Å². The van der Waals surface area contributed by atoms with Gasteiger partial charge in [0.05, 0.1) is 12.2 Å². The molecule has 2 amide bonds. The van der Waals surface area contributed by atoms with Crippen LogP contribution < -0.4 is 10.6 Å². The highest BCUT2D eigenvalue weighted by molar-refractivity contribution is 5.83. The molecule has 0 aromatic heterocycles. The Morgan fingerprint density at radius 2 is 1.76 bits per heavy atom. The number of rotatable bonds is 6. The number of hydrogen-bond donors (Lipinski definition) is 1. The van der Waals surface area contributed by atoms with Crippen LogP contribution in [0, 0.1) is 11.6 Å². The van der Waals surface area contributed by atoms with Gasteiger partial charge in [0.15, 0.2) is 0 Å². The van der Waals surface area contributed by atoms with Gasteiger partial charge in [0, 0.05) is 26.2 Å². The Morgan fingerprint density at radius 3 is 2.38 bits per heavy atom. The number of hydrogen-bond acceptors (Lipinski definition) is 4. The first-order chi connectivity index (χ1) is 13.9. The molecule has 0 radical (unpaired) electrons. The molecular weight excluding hydrogens is 378 g/mol. The van der Waals surface area contributed by atoms with Crippen LogP contribution in [0.5, 0.6) is 0 Å². The summed E-state index contributed by atoms with van der Waals surface area (Å²) in [5.74, 6) is -1.58. The first-order valence-corrected chi connectivity index (χ1v) is 9.39. The number of halogens is 2. The minimum atomic E-state index is -0.908. The summed E-state index contributed by atoms with van der Waals surface area (Å²) in [5.41, 5.74) is 6.43. The molecule has 1 unspecified atom stereocenters. The van der Waals surface area contributed by atoms with Crippen LogP contribution in [0.3, 0.4) is 0 Å². The second kappa shape index (κ2) is 9.00. The smallest absolute Gasteiger partial charge is 0.239 e. The fourth-order valence-electron chi connectivity index (χ4n) is 3.62. The summed E-state index contributed by atoms with van der Waals surface area (Å²) in [6.07, 6.45) is 0. The normalized spacial score (nSPS) is 15.4. The number of primary amides is 1. The van der Waals surface area contributed by atoms with Gasteiger partial charge in [-0.15, -0.1) is 0 Å². The van der Waals surface area contributed by atoms with E-state index in [-0.39, 0.29) is 18.3 Å². The molecule has 1 fully saturated rings. The quantitative estimate of drug-likeness (QED) is 0.800. The maximum atomic E-state index is 14.0. The SMILES string of the molecule is CN(CC(=O)N1CCN(c2ccccc2F)CC1)C(C(N)=O)c1cccc(F)c1. The van der Waals surface area contributed by atoms with Crippen LogP contribution in [-0.4, -0.2) is 61.4 Å². The average Bonchev–Trinajstić information content (AvgIpc) is 2.68. The van der Waals surface area contributed by atoms with Crippen LogP contribution in [0.25, 0.3) is 0 Å². The summed E-state index contributed by atoms with van der Waals surface area (Å²) in [7, 11) is 1.60. The molecule has 0 spiro atoms. The number of nitrogens with two attached hydrogens (primary N) is 1. The lowest BCUT2D eigenvalue weighted by Gasteiger charge is -2.37. The maximum Gasteiger partial charge on any atom is 0.239 e. The first-order valence-electron chi connectivity index (χ1n) is 9.39. The number of likely N-dealkylation sites (N-methyl/N-ethyl adjacent to an activating group) is 1. The predicted molar refractivity (Wildman–Crippen MR) is 106 cm³/mol. The molecule has 1 aliphatic heterocycles. The highest BCUT2D eigenvalue weighted by Gasteiger charge is 2.28.